The van der Waals surface area contributed by atoms with E-state index < -0.39 is 17.8 Å². The van der Waals surface area contributed by atoms with Crippen LogP contribution >= 0.6 is 0 Å². The van der Waals surface area contributed by atoms with Crippen LogP contribution in [0.15, 0.2) is 18.5 Å². The van der Waals surface area contributed by atoms with E-state index in [9.17, 15) is 18.0 Å². The predicted molar refractivity (Wildman–Crippen MR) is 77.3 cm³/mol. The summed E-state index contributed by atoms with van der Waals surface area (Å²) in [6.45, 7) is 2.10. The van der Waals surface area contributed by atoms with Crippen LogP contribution < -0.4 is 4.90 Å². The second kappa shape index (κ2) is 5.77. The Morgan fingerprint density at radius 3 is 2.71 bits per heavy atom. The molecule has 1 N–H and O–H groups in total. The van der Waals surface area contributed by atoms with Crippen molar-refractivity contribution in [3.05, 3.63) is 24.2 Å². The van der Waals surface area contributed by atoms with E-state index in [4.69, 9.17) is 5.11 Å². The number of alkyl halides is 3. The number of aliphatic carboxylic acids is 1. The molecule has 24 heavy (non-hydrogen) atoms. The lowest BCUT2D eigenvalue weighted by molar-refractivity contribution is -0.141. The van der Waals surface area contributed by atoms with Gasteiger partial charge < -0.3 is 10.0 Å². The molecule has 1 aliphatic heterocycles. The highest BCUT2D eigenvalue weighted by atomic mass is 19.4. The average molecular weight is 341 g/mol. The maximum Gasteiger partial charge on any atom is 0.433 e. The fourth-order valence-electron chi connectivity index (χ4n) is 2.39. The summed E-state index contributed by atoms with van der Waals surface area (Å²) in [6.07, 6.45) is -1.10. The minimum Gasteiger partial charge on any atom is -0.480 e. The van der Waals surface area contributed by atoms with E-state index in [0.29, 0.717) is 12.1 Å². The quantitative estimate of drug-likeness (QED) is 0.916. The van der Waals surface area contributed by atoms with Crippen LogP contribution in [0.3, 0.4) is 0 Å². The maximum absolute atomic E-state index is 13.1. The fraction of sp³-hybridized carbons (Fsp3) is 0.429. The van der Waals surface area contributed by atoms with Crippen LogP contribution in [0.25, 0.3) is 11.3 Å². The van der Waals surface area contributed by atoms with Gasteiger partial charge in [0.05, 0.1) is 11.9 Å². The van der Waals surface area contributed by atoms with Crippen LogP contribution in [0.2, 0.25) is 0 Å². The number of hydrogen-bond donors (Lipinski definition) is 1. The van der Waals surface area contributed by atoms with E-state index in [2.05, 4.69) is 15.1 Å². The molecule has 0 saturated carbocycles. The molecule has 1 fully saturated rings. The number of carboxylic acid groups (broad SMARTS) is 1. The monoisotopic (exact) mass is 341 g/mol. The molecular formula is C14H14F3N5O2. The van der Waals surface area contributed by atoms with Crippen molar-refractivity contribution in [1.29, 1.82) is 0 Å². The van der Waals surface area contributed by atoms with Gasteiger partial charge in [-0.2, -0.15) is 18.3 Å². The molecule has 1 atom stereocenters. The molecule has 3 heterocycles. The molecule has 7 nitrogen and oxygen atoms in total. The van der Waals surface area contributed by atoms with Crippen molar-refractivity contribution in [2.24, 2.45) is 0 Å². The SMILES string of the molecule is C[C@H]1CCN1c1nc(-c2cnn(CC(=O)O)c2)cc(C(F)(F)F)n1. The second-order valence-corrected chi connectivity index (χ2v) is 5.59. The van der Waals surface area contributed by atoms with Crippen LogP contribution in [0.5, 0.6) is 0 Å². The van der Waals surface area contributed by atoms with Gasteiger partial charge in [-0.15, -0.1) is 0 Å². The summed E-state index contributed by atoms with van der Waals surface area (Å²) in [6, 6.07) is 0.923. The van der Waals surface area contributed by atoms with Crippen molar-refractivity contribution in [3.63, 3.8) is 0 Å². The Morgan fingerprint density at radius 1 is 1.42 bits per heavy atom. The van der Waals surface area contributed by atoms with Gasteiger partial charge in [-0.1, -0.05) is 0 Å². The zero-order chi connectivity index (χ0) is 17.5. The summed E-state index contributed by atoms with van der Waals surface area (Å²) in [5.74, 6) is -1.08. The normalized spacial score (nSPS) is 17.7. The Kier molecular flexibility index (Phi) is 3.90. The van der Waals surface area contributed by atoms with E-state index in [1.807, 2.05) is 6.92 Å². The summed E-state index contributed by atoms with van der Waals surface area (Å²) >= 11 is 0. The van der Waals surface area contributed by atoms with Crippen molar-refractivity contribution in [3.8, 4) is 11.3 Å². The molecule has 1 saturated heterocycles. The molecular weight excluding hydrogens is 327 g/mol. The summed E-state index contributed by atoms with van der Waals surface area (Å²) in [4.78, 5) is 20.2. The van der Waals surface area contributed by atoms with Gasteiger partial charge in [0.2, 0.25) is 5.95 Å². The first-order chi connectivity index (χ1) is 11.2. The zero-order valence-electron chi connectivity index (χ0n) is 12.7. The van der Waals surface area contributed by atoms with Gasteiger partial charge in [0.1, 0.15) is 6.54 Å². The third-order valence-electron chi connectivity index (χ3n) is 3.81. The van der Waals surface area contributed by atoms with Gasteiger partial charge in [0, 0.05) is 24.3 Å². The number of nitrogens with zero attached hydrogens (tertiary/aromatic N) is 5. The highest BCUT2D eigenvalue weighted by Crippen LogP contribution is 2.33. The lowest BCUT2D eigenvalue weighted by Gasteiger charge is -2.38. The predicted octanol–water partition coefficient (Wildman–Crippen LogP) is 2.04. The number of carbonyl (C=O) groups is 1. The Hall–Kier alpha value is -2.65. The first kappa shape index (κ1) is 16.2. The Balaban J connectivity index is 2.01. The molecule has 2 aromatic heterocycles. The number of anilines is 1. The first-order valence-corrected chi connectivity index (χ1v) is 7.21. The topological polar surface area (TPSA) is 84.1 Å². The number of halogens is 3. The molecule has 1 aliphatic rings. The van der Waals surface area contributed by atoms with Gasteiger partial charge in [-0.05, 0) is 19.4 Å². The lowest BCUT2D eigenvalue weighted by atomic mass is 10.1. The molecule has 128 valence electrons. The number of aromatic nitrogens is 4. The van der Waals surface area contributed by atoms with Gasteiger partial charge in [0.25, 0.3) is 0 Å². The summed E-state index contributed by atoms with van der Waals surface area (Å²) in [5, 5.41) is 12.6. The summed E-state index contributed by atoms with van der Waals surface area (Å²) < 4.78 is 40.5. The van der Waals surface area contributed by atoms with Crippen molar-refractivity contribution in [2.75, 3.05) is 11.4 Å². The van der Waals surface area contributed by atoms with Crippen molar-refractivity contribution < 1.29 is 23.1 Å². The number of rotatable bonds is 4. The first-order valence-electron chi connectivity index (χ1n) is 7.21. The van der Waals surface area contributed by atoms with E-state index in [1.165, 1.54) is 12.4 Å². The van der Waals surface area contributed by atoms with E-state index >= 15 is 0 Å². The molecule has 0 aliphatic carbocycles. The standard InChI is InChI=1S/C14H14F3N5O2/c1-8-2-3-22(8)13-19-10(4-11(20-13)14(15,16)17)9-5-18-21(6-9)7-12(23)24/h4-6,8H,2-3,7H2,1H3,(H,23,24)/t8-/m0/s1. The molecule has 0 unspecified atom stereocenters. The number of carboxylic acids is 1. The average Bonchev–Trinajstić information content (AvgIpc) is 2.92. The highest BCUT2D eigenvalue weighted by Gasteiger charge is 2.36. The Labute approximate surface area is 134 Å². The van der Waals surface area contributed by atoms with E-state index in [0.717, 1.165) is 17.2 Å². The van der Waals surface area contributed by atoms with E-state index in [1.54, 1.807) is 4.90 Å². The third kappa shape index (κ3) is 3.17. The van der Waals surface area contributed by atoms with E-state index in [-0.39, 0.29) is 24.2 Å². The highest BCUT2D eigenvalue weighted by molar-refractivity contribution is 5.67. The van der Waals surface area contributed by atoms with Crippen molar-refractivity contribution in [1.82, 2.24) is 19.7 Å². The molecule has 3 rings (SSSR count). The van der Waals surface area contributed by atoms with Crippen LogP contribution in [0, 0.1) is 0 Å². The minimum absolute atomic E-state index is 0.0181. The molecule has 10 heteroatoms. The summed E-state index contributed by atoms with van der Waals surface area (Å²) in [5.41, 5.74) is -0.672. The molecule has 2 aromatic rings. The maximum atomic E-state index is 13.1. The third-order valence-corrected chi connectivity index (χ3v) is 3.81. The molecule has 0 aromatic carbocycles. The van der Waals surface area contributed by atoms with Gasteiger partial charge in [0.15, 0.2) is 5.69 Å². The zero-order valence-corrected chi connectivity index (χ0v) is 12.7. The smallest absolute Gasteiger partial charge is 0.433 e. The molecule has 0 amide bonds. The van der Waals surface area contributed by atoms with Crippen LogP contribution in [0.1, 0.15) is 19.0 Å². The second-order valence-electron chi connectivity index (χ2n) is 5.59. The van der Waals surface area contributed by atoms with Crippen LogP contribution in [-0.4, -0.2) is 43.4 Å². The largest absolute Gasteiger partial charge is 0.480 e. The summed E-state index contributed by atoms with van der Waals surface area (Å²) in [7, 11) is 0. The lowest BCUT2D eigenvalue weighted by Crippen LogP contribution is -2.46. The molecule has 0 spiro atoms. The minimum atomic E-state index is -4.60. The van der Waals surface area contributed by atoms with Crippen molar-refractivity contribution in [2.45, 2.75) is 32.1 Å². The Morgan fingerprint density at radius 2 is 2.17 bits per heavy atom. The molecule has 0 bridgehead atoms. The fourth-order valence-corrected chi connectivity index (χ4v) is 2.39. The number of hydrogen-bond acceptors (Lipinski definition) is 5. The van der Waals surface area contributed by atoms with Crippen molar-refractivity contribution >= 4 is 11.9 Å². The van der Waals surface area contributed by atoms with Crippen LogP contribution in [0.4, 0.5) is 19.1 Å². The van der Waals surface area contributed by atoms with Gasteiger partial charge in [-0.3, -0.25) is 9.48 Å². The molecule has 0 radical (unpaired) electrons. The van der Waals surface area contributed by atoms with Crippen LogP contribution in [-0.2, 0) is 17.5 Å². The van der Waals surface area contributed by atoms with Gasteiger partial charge in [-0.25, -0.2) is 9.97 Å². The Bertz CT molecular complexity index is 774. The van der Waals surface area contributed by atoms with Gasteiger partial charge >= 0.3 is 12.1 Å².